The summed E-state index contributed by atoms with van der Waals surface area (Å²) in [6.45, 7) is 1.98. The Morgan fingerprint density at radius 1 is 1.35 bits per heavy atom. The second-order valence-corrected chi connectivity index (χ2v) is 4.78. The van der Waals surface area contributed by atoms with Gasteiger partial charge in [0.1, 0.15) is 5.75 Å². The van der Waals surface area contributed by atoms with Gasteiger partial charge in [-0.1, -0.05) is 0 Å². The maximum atomic E-state index is 9.55. The highest BCUT2D eigenvalue weighted by molar-refractivity contribution is 5.89. The third kappa shape index (κ3) is 6.18. The predicted molar refractivity (Wildman–Crippen MR) is 84.4 cm³/mol. The van der Waals surface area contributed by atoms with Gasteiger partial charge < -0.3 is 20.7 Å². The zero-order chi connectivity index (χ0) is 17.4. The van der Waals surface area contributed by atoms with Gasteiger partial charge in [0.25, 0.3) is 0 Å². The smallest absolute Gasteiger partial charge is 0.328 e. The lowest BCUT2D eigenvalue weighted by molar-refractivity contribution is -0.134. The van der Waals surface area contributed by atoms with Crippen molar-refractivity contribution in [3.63, 3.8) is 0 Å². The molecule has 1 unspecified atom stereocenters. The topological polar surface area (TPSA) is 139 Å². The maximum absolute atomic E-state index is 9.55. The van der Waals surface area contributed by atoms with Crippen molar-refractivity contribution in [1.29, 1.82) is 0 Å². The van der Waals surface area contributed by atoms with Gasteiger partial charge in [0.2, 0.25) is 0 Å². The van der Waals surface area contributed by atoms with Crippen LogP contribution in [0.5, 0.6) is 5.75 Å². The first-order valence-corrected chi connectivity index (χ1v) is 6.74. The monoisotopic (exact) mass is 321 g/mol. The molecule has 0 saturated carbocycles. The Hall–Kier alpha value is -2.87. The molecule has 0 bridgehead atoms. The van der Waals surface area contributed by atoms with Gasteiger partial charge in [0, 0.05) is 35.7 Å². The zero-order valence-electron chi connectivity index (χ0n) is 12.8. The lowest BCUT2D eigenvalue weighted by Crippen LogP contribution is -2.18. The molecule has 124 valence electrons. The van der Waals surface area contributed by atoms with Gasteiger partial charge in [-0.25, -0.2) is 9.59 Å². The van der Waals surface area contributed by atoms with Crippen molar-refractivity contribution in [2.24, 2.45) is 5.73 Å². The fraction of sp³-hybridized carbons (Fsp3) is 0.267. The molecule has 0 aliphatic carbocycles. The van der Waals surface area contributed by atoms with E-state index in [-0.39, 0.29) is 6.04 Å². The highest BCUT2D eigenvalue weighted by atomic mass is 16.5. The Labute approximate surface area is 132 Å². The molecule has 0 aliphatic rings. The van der Waals surface area contributed by atoms with Crippen LogP contribution in [0.2, 0.25) is 0 Å². The average molecular weight is 321 g/mol. The van der Waals surface area contributed by atoms with Crippen LogP contribution in [0.4, 0.5) is 0 Å². The van der Waals surface area contributed by atoms with Crippen LogP contribution in [0.25, 0.3) is 10.9 Å². The second kappa shape index (κ2) is 8.54. The van der Waals surface area contributed by atoms with Crippen molar-refractivity contribution in [1.82, 2.24) is 10.2 Å². The van der Waals surface area contributed by atoms with Gasteiger partial charge in [-0.2, -0.15) is 5.10 Å². The summed E-state index contributed by atoms with van der Waals surface area (Å²) in [6.07, 6.45) is 1.91. The quantitative estimate of drug-likeness (QED) is 0.606. The van der Waals surface area contributed by atoms with Gasteiger partial charge in [-0.3, -0.25) is 5.10 Å². The number of rotatable bonds is 5. The van der Waals surface area contributed by atoms with Gasteiger partial charge in [0.15, 0.2) is 0 Å². The fourth-order valence-corrected chi connectivity index (χ4v) is 1.79. The maximum Gasteiger partial charge on any atom is 0.328 e. The van der Waals surface area contributed by atoms with Crippen LogP contribution in [0, 0.1) is 0 Å². The van der Waals surface area contributed by atoms with Crippen LogP contribution < -0.4 is 10.5 Å². The highest BCUT2D eigenvalue weighted by Gasteiger charge is 2.07. The normalized spacial score (nSPS) is 11.8. The Morgan fingerprint density at radius 2 is 1.96 bits per heavy atom. The van der Waals surface area contributed by atoms with Gasteiger partial charge in [0.05, 0.1) is 12.6 Å². The number of carbonyl (C=O) groups is 2. The molecule has 1 aromatic carbocycles. The number of H-pyrrole nitrogens is 1. The molecule has 0 aliphatic heterocycles. The molecule has 0 fully saturated rings. The van der Waals surface area contributed by atoms with Gasteiger partial charge >= 0.3 is 11.9 Å². The molecule has 1 atom stereocenters. The van der Waals surface area contributed by atoms with E-state index < -0.39 is 11.9 Å². The van der Waals surface area contributed by atoms with E-state index in [1.807, 2.05) is 25.1 Å². The summed E-state index contributed by atoms with van der Waals surface area (Å²) < 4.78 is 5.18. The molecule has 23 heavy (non-hydrogen) atoms. The SMILES string of the molecule is COc1ccc2n[nH]c(CC(C)N)c2c1.O=C(O)/C=C/C(=O)O. The number of benzene rings is 1. The lowest BCUT2D eigenvalue weighted by atomic mass is 10.1. The molecule has 0 saturated heterocycles. The van der Waals surface area contributed by atoms with Crippen molar-refractivity contribution in [2.75, 3.05) is 7.11 Å². The van der Waals surface area contributed by atoms with Crippen LogP contribution in [-0.2, 0) is 16.0 Å². The van der Waals surface area contributed by atoms with E-state index in [2.05, 4.69) is 10.2 Å². The number of nitrogens with one attached hydrogen (secondary N) is 1. The molecule has 2 aromatic rings. The number of methoxy groups -OCH3 is 1. The summed E-state index contributed by atoms with van der Waals surface area (Å²) in [5.41, 5.74) is 7.79. The number of fused-ring (bicyclic) bond motifs is 1. The standard InChI is InChI=1S/C11H15N3O.C4H4O4/c1-7(12)5-11-9-6-8(15-2)3-4-10(9)13-14-11;5-3(6)1-2-4(7)8/h3-4,6-7H,5,12H2,1-2H3,(H,13,14);1-2H,(H,5,6)(H,7,8)/b;2-1+. The third-order valence-corrected chi connectivity index (χ3v) is 2.73. The van der Waals surface area contributed by atoms with Gasteiger partial charge in [-0.05, 0) is 25.1 Å². The molecular weight excluding hydrogens is 302 g/mol. The predicted octanol–water partition coefficient (Wildman–Crippen LogP) is 1.17. The summed E-state index contributed by atoms with van der Waals surface area (Å²) in [7, 11) is 1.66. The van der Waals surface area contributed by atoms with Crippen molar-refractivity contribution in [2.45, 2.75) is 19.4 Å². The van der Waals surface area contributed by atoms with Crippen molar-refractivity contribution < 1.29 is 24.5 Å². The molecule has 0 radical (unpaired) electrons. The molecule has 2 rings (SSSR count). The van der Waals surface area contributed by atoms with E-state index in [0.717, 1.165) is 28.8 Å². The van der Waals surface area contributed by atoms with E-state index >= 15 is 0 Å². The van der Waals surface area contributed by atoms with Crippen LogP contribution in [0.3, 0.4) is 0 Å². The molecule has 8 heteroatoms. The molecule has 1 heterocycles. The number of aromatic amines is 1. The van der Waals surface area contributed by atoms with Crippen molar-refractivity contribution >= 4 is 22.8 Å². The largest absolute Gasteiger partial charge is 0.497 e. The van der Waals surface area contributed by atoms with E-state index in [1.165, 1.54) is 0 Å². The zero-order valence-corrected chi connectivity index (χ0v) is 12.8. The molecular formula is C15H19N3O5. The Morgan fingerprint density at radius 3 is 2.43 bits per heavy atom. The molecule has 5 N–H and O–H groups in total. The Bertz CT molecular complexity index is 690. The number of hydrogen-bond acceptors (Lipinski definition) is 5. The van der Waals surface area contributed by atoms with E-state index in [4.69, 9.17) is 20.7 Å². The number of nitrogens with two attached hydrogens (primary N) is 1. The first kappa shape index (κ1) is 18.2. The van der Waals surface area contributed by atoms with Crippen molar-refractivity contribution in [3.05, 3.63) is 36.0 Å². The van der Waals surface area contributed by atoms with Crippen LogP contribution in [0.15, 0.2) is 30.4 Å². The summed E-state index contributed by atoms with van der Waals surface area (Å²) >= 11 is 0. The summed E-state index contributed by atoms with van der Waals surface area (Å²) in [5, 5.41) is 23.9. The number of aliphatic carboxylic acids is 2. The van der Waals surface area contributed by atoms with E-state index in [9.17, 15) is 9.59 Å². The molecule has 1 aromatic heterocycles. The number of ether oxygens (including phenoxy) is 1. The summed E-state index contributed by atoms with van der Waals surface area (Å²) in [4.78, 5) is 19.1. The number of carboxylic acids is 2. The summed E-state index contributed by atoms with van der Waals surface area (Å²) in [5.74, 6) is -1.67. The third-order valence-electron chi connectivity index (χ3n) is 2.73. The van der Waals surface area contributed by atoms with Crippen LogP contribution in [0.1, 0.15) is 12.6 Å². The minimum absolute atomic E-state index is 0.125. The number of aromatic nitrogens is 2. The molecule has 0 amide bonds. The number of hydrogen-bond donors (Lipinski definition) is 4. The van der Waals surface area contributed by atoms with E-state index in [1.54, 1.807) is 7.11 Å². The van der Waals surface area contributed by atoms with E-state index in [0.29, 0.717) is 12.2 Å². The number of carboxylic acid groups (broad SMARTS) is 2. The van der Waals surface area contributed by atoms with Crippen molar-refractivity contribution in [3.8, 4) is 5.75 Å². The highest BCUT2D eigenvalue weighted by Crippen LogP contribution is 2.22. The number of nitrogens with zero attached hydrogens (tertiary/aromatic N) is 1. The Kier molecular flexibility index (Phi) is 6.75. The minimum atomic E-state index is -1.26. The van der Waals surface area contributed by atoms with Crippen LogP contribution in [-0.4, -0.2) is 45.5 Å². The van der Waals surface area contributed by atoms with Gasteiger partial charge in [-0.15, -0.1) is 0 Å². The molecule has 0 spiro atoms. The average Bonchev–Trinajstić information content (AvgIpc) is 2.87. The second-order valence-electron chi connectivity index (χ2n) is 4.78. The minimum Gasteiger partial charge on any atom is -0.497 e. The molecule has 8 nitrogen and oxygen atoms in total. The first-order valence-electron chi connectivity index (χ1n) is 6.74. The first-order chi connectivity index (χ1) is 10.8. The Balaban J connectivity index is 0.000000284. The fourth-order valence-electron chi connectivity index (χ4n) is 1.79. The summed E-state index contributed by atoms with van der Waals surface area (Å²) in [6, 6.07) is 5.95. The lowest BCUT2D eigenvalue weighted by Gasteiger charge is -2.03. The van der Waals surface area contributed by atoms with Crippen LogP contribution >= 0.6 is 0 Å².